The Kier molecular flexibility index (Phi) is 4.50. The summed E-state index contributed by atoms with van der Waals surface area (Å²) in [6.07, 6.45) is 0.742. The van der Waals surface area contributed by atoms with Crippen molar-refractivity contribution < 1.29 is 9.59 Å². The number of carbonyl (C=O) groups is 2. The van der Waals surface area contributed by atoms with Crippen LogP contribution in [0.1, 0.15) is 27.1 Å². The van der Waals surface area contributed by atoms with Gasteiger partial charge in [0.2, 0.25) is 0 Å². The number of fused-ring (bicyclic) bond motifs is 1. The van der Waals surface area contributed by atoms with Gasteiger partial charge >= 0.3 is 0 Å². The van der Waals surface area contributed by atoms with Crippen molar-refractivity contribution in [3.63, 3.8) is 0 Å². The summed E-state index contributed by atoms with van der Waals surface area (Å²) in [6.45, 7) is 9.43. The number of hydrogen-bond donors (Lipinski definition) is 1. The minimum absolute atomic E-state index is 0.119. The Balaban J connectivity index is 2.58. The molecule has 0 radical (unpaired) electrons. The molecule has 0 spiro atoms. The summed E-state index contributed by atoms with van der Waals surface area (Å²) in [4.78, 5) is 27.0. The molecule has 0 atom stereocenters. The van der Waals surface area contributed by atoms with Gasteiger partial charge in [-0.05, 0) is 25.1 Å². The molecule has 2 N–H and O–H groups in total. The molecule has 0 saturated carbocycles. The summed E-state index contributed by atoms with van der Waals surface area (Å²) in [5.41, 5.74) is 6.95. The fraction of sp³-hybridized carbons (Fsp3) is 0.467. The van der Waals surface area contributed by atoms with Gasteiger partial charge in [-0.25, -0.2) is 0 Å². The molecule has 0 saturated heterocycles. The van der Waals surface area contributed by atoms with Gasteiger partial charge in [-0.1, -0.05) is 38.3 Å². The predicted molar refractivity (Wildman–Crippen MR) is 91.1 cm³/mol. The smallest absolute Gasteiger partial charge is 0.261 e. The summed E-state index contributed by atoms with van der Waals surface area (Å²) >= 11 is 0. The van der Waals surface area contributed by atoms with Crippen molar-refractivity contribution in [2.45, 2.75) is 37.4 Å². The molecule has 6 heteroatoms. The molecule has 0 aromatic heterocycles. The Morgan fingerprint density at radius 2 is 1.43 bits per heavy atom. The number of rotatable bonds is 5. The van der Waals surface area contributed by atoms with E-state index in [0.717, 1.165) is 6.42 Å². The lowest BCUT2D eigenvalue weighted by molar-refractivity contribution is 0.0592. The summed E-state index contributed by atoms with van der Waals surface area (Å²) in [5.74, 6) is -0.238. The van der Waals surface area contributed by atoms with E-state index in [1.807, 2.05) is 12.1 Å². The van der Waals surface area contributed by atoms with E-state index in [2.05, 4.69) is 26.2 Å². The predicted octanol–water partition coefficient (Wildman–Crippen LogP) is 1.42. The van der Waals surface area contributed by atoms with E-state index in [0.29, 0.717) is 17.7 Å². The van der Waals surface area contributed by atoms with Crippen LogP contribution in [0.4, 0.5) is 0 Å². The van der Waals surface area contributed by atoms with Crippen LogP contribution in [0.15, 0.2) is 24.3 Å². The zero-order chi connectivity index (χ0) is 15.8. The second kappa shape index (κ2) is 5.86. The second-order valence-corrected chi connectivity index (χ2v) is 13.6. The second-order valence-electron chi connectivity index (χ2n) is 6.33. The first-order valence-corrected chi connectivity index (χ1v) is 13.3. The molecule has 1 aromatic rings. The molecule has 2 rings (SSSR count). The average Bonchev–Trinajstić information content (AvgIpc) is 2.69. The van der Waals surface area contributed by atoms with Crippen LogP contribution in [0, 0.1) is 0 Å². The number of nitrogens with two attached hydrogens (primary N) is 1. The lowest BCUT2D eigenvalue weighted by Crippen LogP contribution is -2.67. The van der Waals surface area contributed by atoms with Gasteiger partial charge < -0.3 is 5.73 Å². The normalized spacial score (nSPS) is 15.3. The molecular weight excluding hydrogens is 296 g/mol. The van der Waals surface area contributed by atoms with E-state index in [1.165, 1.54) is 0 Å². The van der Waals surface area contributed by atoms with Gasteiger partial charge in [0.05, 0.1) is 28.7 Å². The zero-order valence-corrected chi connectivity index (χ0v) is 15.5. The third-order valence-corrected chi connectivity index (χ3v) is 13.8. The van der Waals surface area contributed by atoms with Crippen molar-refractivity contribution in [3.05, 3.63) is 35.4 Å². The van der Waals surface area contributed by atoms with Gasteiger partial charge in [0.25, 0.3) is 11.8 Å². The third kappa shape index (κ3) is 2.31. The van der Waals surface area contributed by atoms with Crippen molar-refractivity contribution in [2.75, 3.05) is 6.54 Å². The molecule has 1 aliphatic heterocycles. The molecule has 0 bridgehead atoms. The van der Waals surface area contributed by atoms with Crippen LogP contribution < -0.4 is 5.73 Å². The Morgan fingerprint density at radius 1 is 1.00 bits per heavy atom. The highest BCUT2D eigenvalue weighted by molar-refractivity contribution is 6.81. The van der Waals surface area contributed by atoms with Crippen molar-refractivity contribution in [1.29, 1.82) is 0 Å². The first-order valence-electron chi connectivity index (χ1n) is 7.55. The van der Waals surface area contributed by atoms with Crippen LogP contribution in [-0.2, 0) is 0 Å². The summed E-state index contributed by atoms with van der Waals surface area (Å²) < 4.78 is 0. The Hall–Kier alpha value is -1.25. The first kappa shape index (κ1) is 16.1. The molecule has 114 valence electrons. The maximum atomic E-state index is 12.8. The maximum Gasteiger partial charge on any atom is 0.261 e. The maximum absolute atomic E-state index is 12.8. The van der Waals surface area contributed by atoms with Gasteiger partial charge in [0.15, 0.2) is 0 Å². The first-order chi connectivity index (χ1) is 9.87. The van der Waals surface area contributed by atoms with Gasteiger partial charge in [0.1, 0.15) is 0 Å². The highest BCUT2D eigenvalue weighted by atomic mass is 28.3. The number of benzene rings is 1. The molecule has 1 aromatic carbocycles. The molecule has 0 fully saturated rings. The Bertz CT molecular complexity index is 530. The van der Waals surface area contributed by atoms with Crippen molar-refractivity contribution in [1.82, 2.24) is 4.90 Å². The SMILES string of the molecule is C[SiH](C)C(CCN)(N1C(=O)c2ccccc2C1=O)[SiH](C)C. The molecule has 0 unspecified atom stereocenters. The molecule has 1 aliphatic rings. The molecular formula is C15H24N2O2Si2. The van der Waals surface area contributed by atoms with Crippen LogP contribution in [-0.4, -0.2) is 45.6 Å². The van der Waals surface area contributed by atoms with E-state index in [1.54, 1.807) is 17.0 Å². The molecule has 4 nitrogen and oxygen atoms in total. The minimum Gasteiger partial charge on any atom is -0.330 e. The van der Waals surface area contributed by atoms with E-state index in [-0.39, 0.29) is 16.6 Å². The van der Waals surface area contributed by atoms with Gasteiger partial charge in [-0.15, -0.1) is 0 Å². The number of hydrogen-bond acceptors (Lipinski definition) is 3. The van der Waals surface area contributed by atoms with Crippen LogP contribution >= 0.6 is 0 Å². The fourth-order valence-corrected chi connectivity index (χ4v) is 12.0. The number of nitrogens with zero attached hydrogens (tertiary/aromatic N) is 1. The number of amides is 2. The topological polar surface area (TPSA) is 63.4 Å². The fourth-order valence-electron chi connectivity index (χ4n) is 3.67. The monoisotopic (exact) mass is 320 g/mol. The van der Waals surface area contributed by atoms with Gasteiger partial charge in [-0.3, -0.25) is 14.5 Å². The third-order valence-electron chi connectivity index (χ3n) is 4.75. The number of carbonyl (C=O) groups excluding carboxylic acids is 2. The largest absolute Gasteiger partial charge is 0.330 e. The quantitative estimate of drug-likeness (QED) is 0.659. The van der Waals surface area contributed by atoms with E-state index >= 15 is 0 Å². The van der Waals surface area contributed by atoms with Crippen molar-refractivity contribution >= 4 is 29.4 Å². The highest BCUT2D eigenvalue weighted by Gasteiger charge is 2.52. The molecule has 0 aliphatic carbocycles. The average molecular weight is 321 g/mol. The Morgan fingerprint density at radius 3 is 1.76 bits per heavy atom. The van der Waals surface area contributed by atoms with Crippen LogP contribution in [0.5, 0.6) is 0 Å². The lowest BCUT2D eigenvalue weighted by atomic mass is 10.1. The Labute approximate surface area is 129 Å². The summed E-state index contributed by atoms with van der Waals surface area (Å²) in [5, 5.41) is 0. The minimum atomic E-state index is -1.29. The summed E-state index contributed by atoms with van der Waals surface area (Å²) in [7, 11) is -2.58. The lowest BCUT2D eigenvalue weighted by Gasteiger charge is -2.46. The molecule has 1 heterocycles. The zero-order valence-electron chi connectivity index (χ0n) is 13.2. The number of imide groups is 1. The van der Waals surface area contributed by atoms with E-state index < -0.39 is 17.6 Å². The highest BCUT2D eigenvalue weighted by Crippen LogP contribution is 2.35. The van der Waals surface area contributed by atoms with Crippen LogP contribution in [0.3, 0.4) is 0 Å². The summed E-state index contributed by atoms with van der Waals surface area (Å²) in [6, 6.07) is 7.15. The van der Waals surface area contributed by atoms with Gasteiger partial charge in [0, 0.05) is 4.79 Å². The van der Waals surface area contributed by atoms with E-state index in [4.69, 9.17) is 5.73 Å². The van der Waals surface area contributed by atoms with Crippen LogP contribution in [0.2, 0.25) is 26.2 Å². The molecule has 21 heavy (non-hydrogen) atoms. The van der Waals surface area contributed by atoms with Crippen molar-refractivity contribution in [2.24, 2.45) is 5.73 Å². The van der Waals surface area contributed by atoms with E-state index in [9.17, 15) is 9.59 Å². The molecule has 2 amide bonds. The van der Waals surface area contributed by atoms with Gasteiger partial charge in [-0.2, -0.15) is 0 Å². The van der Waals surface area contributed by atoms with Crippen molar-refractivity contribution in [3.8, 4) is 0 Å². The standard InChI is InChI=1S/C15H24N2O2Si2/c1-20(2)15(9-10-16,21(3)4)17-13(18)11-7-5-6-8-12(11)14(17)19/h5-8,20-21H,9-10,16H2,1-4H3. The van der Waals surface area contributed by atoms with Crippen LogP contribution in [0.25, 0.3) is 0 Å².